The first-order valence-corrected chi connectivity index (χ1v) is 7.79. The predicted molar refractivity (Wildman–Crippen MR) is 74.5 cm³/mol. The highest BCUT2D eigenvalue weighted by Gasteiger charge is 2.10. The van der Waals surface area contributed by atoms with Crippen molar-refractivity contribution >= 4 is 26.4 Å². The van der Waals surface area contributed by atoms with Crippen molar-refractivity contribution in [3.05, 3.63) is 36.5 Å². The van der Waals surface area contributed by atoms with E-state index in [0.29, 0.717) is 0 Å². The molecule has 0 aliphatic rings. The maximum absolute atomic E-state index is 11.2. The number of nitrogens with zero attached hydrogens (tertiary/aromatic N) is 1. The molecule has 1 aromatic carbocycles. The van der Waals surface area contributed by atoms with E-state index >= 15 is 0 Å². The van der Waals surface area contributed by atoms with E-state index in [2.05, 4.69) is 10.3 Å². The summed E-state index contributed by atoms with van der Waals surface area (Å²) in [4.78, 5) is 4.32. The zero-order valence-electron chi connectivity index (χ0n) is 10.4. The summed E-state index contributed by atoms with van der Waals surface area (Å²) in [7, 11) is -2.97. The van der Waals surface area contributed by atoms with Crippen LogP contribution < -0.4 is 5.32 Å². The van der Waals surface area contributed by atoms with Gasteiger partial charge in [0.25, 0.3) is 0 Å². The number of fused-ring (bicyclic) bond motifs is 1. The lowest BCUT2D eigenvalue weighted by molar-refractivity contribution is 0.598. The third-order valence-electron chi connectivity index (χ3n) is 2.56. The molecule has 18 heavy (non-hydrogen) atoms. The van der Waals surface area contributed by atoms with E-state index in [4.69, 9.17) is 0 Å². The molecule has 1 aromatic heterocycles. The molecule has 5 heteroatoms. The zero-order chi connectivity index (χ0) is 13.2. The molecule has 4 nitrogen and oxygen atoms in total. The second-order valence-electron chi connectivity index (χ2n) is 4.55. The van der Waals surface area contributed by atoms with Crippen LogP contribution in [-0.2, 0) is 9.84 Å². The van der Waals surface area contributed by atoms with Gasteiger partial charge in [-0.05, 0) is 19.1 Å². The molecule has 1 unspecified atom stereocenters. The summed E-state index contributed by atoms with van der Waals surface area (Å²) < 4.78 is 22.4. The first kappa shape index (κ1) is 12.8. The summed E-state index contributed by atoms with van der Waals surface area (Å²) in [6.07, 6.45) is 2.96. The topological polar surface area (TPSA) is 59.1 Å². The molecule has 1 N–H and O–H groups in total. The number of para-hydroxylation sites is 1. The molecule has 0 spiro atoms. The Balaban J connectivity index is 2.17. The van der Waals surface area contributed by atoms with Crippen LogP contribution in [0.5, 0.6) is 0 Å². The molecule has 0 fully saturated rings. The molecule has 1 atom stereocenters. The van der Waals surface area contributed by atoms with Crippen molar-refractivity contribution in [2.75, 3.05) is 17.3 Å². The Morgan fingerprint density at radius 2 is 2.06 bits per heavy atom. The van der Waals surface area contributed by atoms with Crippen molar-refractivity contribution < 1.29 is 8.42 Å². The molecule has 2 rings (SSSR count). The Morgan fingerprint density at radius 1 is 1.33 bits per heavy atom. The van der Waals surface area contributed by atoms with Crippen molar-refractivity contribution in [3.8, 4) is 0 Å². The van der Waals surface area contributed by atoms with E-state index in [1.54, 1.807) is 6.20 Å². The lowest BCUT2D eigenvalue weighted by Gasteiger charge is -2.14. The quantitative estimate of drug-likeness (QED) is 0.918. The maximum atomic E-state index is 11.2. The third kappa shape index (κ3) is 3.43. The second kappa shape index (κ2) is 4.94. The van der Waals surface area contributed by atoms with Crippen molar-refractivity contribution in [2.24, 2.45) is 0 Å². The Bertz CT molecular complexity index is 653. The van der Waals surface area contributed by atoms with E-state index in [1.165, 1.54) is 6.26 Å². The van der Waals surface area contributed by atoms with Crippen LogP contribution >= 0.6 is 0 Å². The van der Waals surface area contributed by atoms with Gasteiger partial charge in [-0.3, -0.25) is 4.98 Å². The number of benzene rings is 1. The van der Waals surface area contributed by atoms with Gasteiger partial charge >= 0.3 is 0 Å². The van der Waals surface area contributed by atoms with Crippen LogP contribution in [0.25, 0.3) is 10.9 Å². The van der Waals surface area contributed by atoms with Gasteiger partial charge in [0.1, 0.15) is 9.84 Å². The van der Waals surface area contributed by atoms with Crippen LogP contribution in [0.3, 0.4) is 0 Å². The molecule has 0 saturated heterocycles. The first-order valence-electron chi connectivity index (χ1n) is 5.73. The summed E-state index contributed by atoms with van der Waals surface area (Å²) in [5.41, 5.74) is 1.77. The van der Waals surface area contributed by atoms with Crippen molar-refractivity contribution in [1.82, 2.24) is 4.98 Å². The molecule has 0 radical (unpaired) electrons. The number of hydrogen-bond acceptors (Lipinski definition) is 4. The molecule has 2 aromatic rings. The number of pyridine rings is 1. The predicted octanol–water partition coefficient (Wildman–Crippen LogP) is 2.08. The van der Waals surface area contributed by atoms with Crippen LogP contribution in [0.4, 0.5) is 5.69 Å². The molecular weight excluding hydrogens is 248 g/mol. The lowest BCUT2D eigenvalue weighted by atomic mass is 10.2. The van der Waals surface area contributed by atoms with E-state index in [9.17, 15) is 8.42 Å². The summed E-state index contributed by atoms with van der Waals surface area (Å²) >= 11 is 0. The van der Waals surface area contributed by atoms with Gasteiger partial charge in [-0.15, -0.1) is 0 Å². The van der Waals surface area contributed by atoms with Gasteiger partial charge in [0.2, 0.25) is 0 Å². The fraction of sp³-hybridized carbons (Fsp3) is 0.308. The van der Waals surface area contributed by atoms with Crippen LogP contribution in [-0.4, -0.2) is 31.5 Å². The Hall–Kier alpha value is -1.62. The van der Waals surface area contributed by atoms with E-state index in [0.717, 1.165) is 16.6 Å². The summed E-state index contributed by atoms with van der Waals surface area (Å²) in [5, 5.41) is 4.19. The molecule has 0 aliphatic carbocycles. The standard InChI is InChI=1S/C13H16N2O2S/c1-10(9-18(2,16)17)15-12-7-11-5-3-4-6-13(11)14-8-12/h3-8,10,15H,9H2,1-2H3. The number of anilines is 1. The normalized spacial score (nSPS) is 13.4. The van der Waals surface area contributed by atoms with Gasteiger partial charge < -0.3 is 5.32 Å². The fourth-order valence-electron chi connectivity index (χ4n) is 1.93. The van der Waals surface area contributed by atoms with Crippen LogP contribution in [0, 0.1) is 0 Å². The van der Waals surface area contributed by atoms with Crippen LogP contribution in [0.15, 0.2) is 36.5 Å². The molecule has 0 bridgehead atoms. The Labute approximate surface area is 107 Å². The van der Waals surface area contributed by atoms with Gasteiger partial charge in [0, 0.05) is 17.7 Å². The minimum absolute atomic E-state index is 0.111. The molecular formula is C13H16N2O2S. The molecule has 96 valence electrons. The van der Waals surface area contributed by atoms with Gasteiger partial charge in [0.05, 0.1) is 23.2 Å². The van der Waals surface area contributed by atoms with Gasteiger partial charge in [-0.2, -0.15) is 0 Å². The highest BCUT2D eigenvalue weighted by Crippen LogP contribution is 2.16. The van der Waals surface area contributed by atoms with E-state index in [-0.39, 0.29) is 11.8 Å². The monoisotopic (exact) mass is 264 g/mol. The average Bonchev–Trinajstić information content (AvgIpc) is 2.26. The fourth-order valence-corrected chi connectivity index (χ4v) is 2.92. The van der Waals surface area contributed by atoms with Crippen molar-refractivity contribution in [2.45, 2.75) is 13.0 Å². The SMILES string of the molecule is CC(CS(C)(=O)=O)Nc1cnc2ccccc2c1. The Kier molecular flexibility index (Phi) is 3.52. The molecule has 0 amide bonds. The number of sulfone groups is 1. The number of hydrogen-bond donors (Lipinski definition) is 1. The summed E-state index contributed by atoms with van der Waals surface area (Å²) in [6, 6.07) is 9.65. The van der Waals surface area contributed by atoms with Gasteiger partial charge in [0.15, 0.2) is 0 Å². The van der Waals surface area contributed by atoms with Gasteiger partial charge in [-0.25, -0.2) is 8.42 Å². The average molecular weight is 264 g/mol. The second-order valence-corrected chi connectivity index (χ2v) is 6.74. The highest BCUT2D eigenvalue weighted by atomic mass is 32.2. The number of aromatic nitrogens is 1. The molecule has 0 aliphatic heterocycles. The zero-order valence-corrected chi connectivity index (χ0v) is 11.2. The minimum Gasteiger partial charge on any atom is -0.380 e. The number of nitrogens with one attached hydrogen (secondary N) is 1. The summed E-state index contributed by atoms with van der Waals surface area (Å²) in [5.74, 6) is 0.111. The van der Waals surface area contributed by atoms with Crippen molar-refractivity contribution in [3.63, 3.8) is 0 Å². The number of rotatable bonds is 4. The van der Waals surface area contributed by atoms with E-state index in [1.807, 2.05) is 37.3 Å². The maximum Gasteiger partial charge on any atom is 0.149 e. The molecule has 0 saturated carbocycles. The smallest absolute Gasteiger partial charge is 0.149 e. The first-order chi connectivity index (χ1) is 8.44. The lowest BCUT2D eigenvalue weighted by Crippen LogP contribution is -2.25. The minimum atomic E-state index is -2.97. The third-order valence-corrected chi connectivity index (χ3v) is 3.66. The van der Waals surface area contributed by atoms with E-state index < -0.39 is 9.84 Å². The largest absolute Gasteiger partial charge is 0.380 e. The highest BCUT2D eigenvalue weighted by molar-refractivity contribution is 7.90. The van der Waals surface area contributed by atoms with Crippen LogP contribution in [0.2, 0.25) is 0 Å². The van der Waals surface area contributed by atoms with Crippen LogP contribution in [0.1, 0.15) is 6.92 Å². The Morgan fingerprint density at radius 3 is 2.78 bits per heavy atom. The van der Waals surface area contributed by atoms with Gasteiger partial charge in [-0.1, -0.05) is 18.2 Å². The molecule has 1 heterocycles. The summed E-state index contributed by atoms with van der Waals surface area (Å²) in [6.45, 7) is 1.84. The van der Waals surface area contributed by atoms with Crippen molar-refractivity contribution in [1.29, 1.82) is 0 Å².